The molecule has 0 spiro atoms. The van der Waals surface area contributed by atoms with Crippen molar-refractivity contribution in [2.75, 3.05) is 18.0 Å². The van der Waals surface area contributed by atoms with Crippen LogP contribution in [-0.2, 0) is 0 Å². The van der Waals surface area contributed by atoms with Gasteiger partial charge in [0.05, 0.1) is 0 Å². The largest absolute Gasteiger partial charge is 0.372 e. The molecule has 1 saturated heterocycles. The maximum absolute atomic E-state index is 11.7. The fourth-order valence-electron chi connectivity index (χ4n) is 2.06. The first-order valence-corrected chi connectivity index (χ1v) is 6.00. The number of anilines is 1. The standard InChI is InChI=1S/C15H17NO/c1-2-3-6-15(17)13-7-9-14(10-8-13)16-11-4-5-12-16/h2-3,6-10H,1,4-5,11-12H2. The Morgan fingerprint density at radius 1 is 1.18 bits per heavy atom. The molecule has 0 aromatic heterocycles. The van der Waals surface area contributed by atoms with Crippen LogP contribution in [0.15, 0.2) is 49.1 Å². The quantitative estimate of drug-likeness (QED) is 0.447. The summed E-state index contributed by atoms with van der Waals surface area (Å²) in [5.74, 6) is 0.0258. The number of carbonyl (C=O) groups is 1. The van der Waals surface area contributed by atoms with E-state index in [9.17, 15) is 4.79 Å². The van der Waals surface area contributed by atoms with Crippen LogP contribution in [0.5, 0.6) is 0 Å². The van der Waals surface area contributed by atoms with Crippen molar-refractivity contribution in [1.82, 2.24) is 0 Å². The van der Waals surface area contributed by atoms with Crippen LogP contribution < -0.4 is 4.90 Å². The number of nitrogens with zero attached hydrogens (tertiary/aromatic N) is 1. The Morgan fingerprint density at radius 2 is 1.82 bits per heavy atom. The van der Waals surface area contributed by atoms with Gasteiger partial charge in [0.2, 0.25) is 0 Å². The van der Waals surface area contributed by atoms with Gasteiger partial charge < -0.3 is 4.90 Å². The molecule has 0 N–H and O–H groups in total. The van der Waals surface area contributed by atoms with Crippen LogP contribution in [0, 0.1) is 0 Å². The van der Waals surface area contributed by atoms with Gasteiger partial charge in [0.1, 0.15) is 0 Å². The van der Waals surface area contributed by atoms with Crippen molar-refractivity contribution >= 4 is 11.5 Å². The van der Waals surface area contributed by atoms with Crippen LogP contribution in [-0.4, -0.2) is 18.9 Å². The Bertz CT molecular complexity index is 425. The Morgan fingerprint density at radius 3 is 2.41 bits per heavy atom. The highest BCUT2D eigenvalue weighted by Gasteiger charge is 2.12. The molecular formula is C15H17NO. The zero-order valence-electron chi connectivity index (χ0n) is 9.93. The topological polar surface area (TPSA) is 20.3 Å². The third-order valence-corrected chi connectivity index (χ3v) is 3.01. The molecule has 1 aromatic rings. The summed E-state index contributed by atoms with van der Waals surface area (Å²) in [6.45, 7) is 5.80. The van der Waals surface area contributed by atoms with Crippen molar-refractivity contribution in [2.24, 2.45) is 0 Å². The van der Waals surface area contributed by atoms with Gasteiger partial charge in [-0.1, -0.05) is 18.7 Å². The highest BCUT2D eigenvalue weighted by Crippen LogP contribution is 2.20. The molecule has 1 heterocycles. The molecule has 2 nitrogen and oxygen atoms in total. The fourth-order valence-corrected chi connectivity index (χ4v) is 2.06. The van der Waals surface area contributed by atoms with E-state index in [4.69, 9.17) is 0 Å². The molecule has 0 atom stereocenters. The lowest BCUT2D eigenvalue weighted by molar-refractivity contribution is 0.104. The van der Waals surface area contributed by atoms with E-state index in [2.05, 4.69) is 11.5 Å². The van der Waals surface area contributed by atoms with Gasteiger partial charge in [-0.3, -0.25) is 4.79 Å². The number of ketones is 1. The normalized spacial score (nSPS) is 15.4. The van der Waals surface area contributed by atoms with Gasteiger partial charge in [0.15, 0.2) is 5.78 Å². The van der Waals surface area contributed by atoms with Crippen LogP contribution in [0.3, 0.4) is 0 Å². The Hall–Kier alpha value is -1.83. The molecule has 0 saturated carbocycles. The second-order valence-corrected chi connectivity index (χ2v) is 4.20. The monoisotopic (exact) mass is 227 g/mol. The first-order valence-electron chi connectivity index (χ1n) is 6.00. The SMILES string of the molecule is C=CC=CC(=O)c1ccc(N2CCCC2)cc1. The van der Waals surface area contributed by atoms with Gasteiger partial charge in [-0.2, -0.15) is 0 Å². The lowest BCUT2D eigenvalue weighted by Crippen LogP contribution is -2.17. The highest BCUT2D eigenvalue weighted by molar-refractivity contribution is 6.04. The minimum absolute atomic E-state index is 0.0258. The molecular weight excluding hydrogens is 210 g/mol. The molecule has 88 valence electrons. The Labute approximate surface area is 102 Å². The van der Waals surface area contributed by atoms with Crippen LogP contribution >= 0.6 is 0 Å². The number of carbonyl (C=O) groups excluding carboxylic acids is 1. The second-order valence-electron chi connectivity index (χ2n) is 4.20. The maximum Gasteiger partial charge on any atom is 0.185 e. The van der Waals surface area contributed by atoms with Gasteiger partial charge in [-0.15, -0.1) is 0 Å². The first kappa shape index (κ1) is 11.6. The minimum Gasteiger partial charge on any atom is -0.372 e. The molecule has 0 unspecified atom stereocenters. The molecule has 2 heteroatoms. The van der Waals surface area contributed by atoms with Gasteiger partial charge in [-0.05, 0) is 43.2 Å². The van der Waals surface area contributed by atoms with E-state index in [0.717, 1.165) is 18.7 Å². The van der Waals surface area contributed by atoms with Gasteiger partial charge >= 0.3 is 0 Å². The van der Waals surface area contributed by atoms with E-state index in [1.807, 2.05) is 24.3 Å². The molecule has 2 rings (SSSR count). The summed E-state index contributed by atoms with van der Waals surface area (Å²) >= 11 is 0. The summed E-state index contributed by atoms with van der Waals surface area (Å²) in [4.78, 5) is 14.0. The average Bonchev–Trinajstić information content (AvgIpc) is 2.90. The highest BCUT2D eigenvalue weighted by atomic mass is 16.1. The average molecular weight is 227 g/mol. The van der Waals surface area contributed by atoms with Crippen molar-refractivity contribution < 1.29 is 4.79 Å². The number of allylic oxidation sites excluding steroid dienone is 3. The van der Waals surface area contributed by atoms with Crippen molar-refractivity contribution in [2.45, 2.75) is 12.8 Å². The summed E-state index contributed by atoms with van der Waals surface area (Å²) in [5.41, 5.74) is 1.94. The van der Waals surface area contributed by atoms with E-state index in [1.165, 1.54) is 24.6 Å². The maximum atomic E-state index is 11.7. The minimum atomic E-state index is 0.0258. The first-order chi connectivity index (χ1) is 8.31. The van der Waals surface area contributed by atoms with Crippen molar-refractivity contribution in [3.63, 3.8) is 0 Å². The van der Waals surface area contributed by atoms with E-state index in [0.29, 0.717) is 0 Å². The summed E-state index contributed by atoms with van der Waals surface area (Å²) < 4.78 is 0. The molecule has 1 aliphatic heterocycles. The lowest BCUT2D eigenvalue weighted by Gasteiger charge is -2.17. The second kappa shape index (κ2) is 5.48. The summed E-state index contributed by atoms with van der Waals surface area (Å²) in [6, 6.07) is 7.84. The molecule has 0 aliphatic carbocycles. The third kappa shape index (κ3) is 2.84. The van der Waals surface area contributed by atoms with Crippen molar-refractivity contribution in [1.29, 1.82) is 0 Å². The molecule has 1 fully saturated rings. The van der Waals surface area contributed by atoms with E-state index in [-0.39, 0.29) is 5.78 Å². The van der Waals surface area contributed by atoms with Crippen molar-refractivity contribution in [3.8, 4) is 0 Å². The molecule has 1 aliphatic rings. The molecule has 0 amide bonds. The summed E-state index contributed by atoms with van der Waals surface area (Å²) in [5, 5.41) is 0. The summed E-state index contributed by atoms with van der Waals surface area (Å²) in [7, 11) is 0. The number of rotatable bonds is 4. The molecule has 0 bridgehead atoms. The number of hydrogen-bond donors (Lipinski definition) is 0. The number of benzene rings is 1. The van der Waals surface area contributed by atoms with Crippen LogP contribution in [0.4, 0.5) is 5.69 Å². The fraction of sp³-hybridized carbons (Fsp3) is 0.267. The zero-order chi connectivity index (χ0) is 12.1. The smallest absolute Gasteiger partial charge is 0.185 e. The van der Waals surface area contributed by atoms with Crippen molar-refractivity contribution in [3.05, 3.63) is 54.6 Å². The number of hydrogen-bond acceptors (Lipinski definition) is 2. The lowest BCUT2D eigenvalue weighted by atomic mass is 10.1. The van der Waals surface area contributed by atoms with Gasteiger partial charge in [-0.25, -0.2) is 0 Å². The molecule has 0 radical (unpaired) electrons. The zero-order valence-corrected chi connectivity index (χ0v) is 9.93. The summed E-state index contributed by atoms with van der Waals surface area (Å²) in [6.07, 6.45) is 7.34. The predicted molar refractivity (Wildman–Crippen MR) is 71.6 cm³/mol. The van der Waals surface area contributed by atoms with Crippen LogP contribution in [0.2, 0.25) is 0 Å². The third-order valence-electron chi connectivity index (χ3n) is 3.01. The molecule has 17 heavy (non-hydrogen) atoms. The van der Waals surface area contributed by atoms with E-state index >= 15 is 0 Å². The molecule has 1 aromatic carbocycles. The van der Waals surface area contributed by atoms with Gasteiger partial charge in [0.25, 0.3) is 0 Å². The van der Waals surface area contributed by atoms with E-state index < -0.39 is 0 Å². The predicted octanol–water partition coefficient (Wildman–Crippen LogP) is 3.21. The van der Waals surface area contributed by atoms with E-state index in [1.54, 1.807) is 12.2 Å². The van der Waals surface area contributed by atoms with Crippen LogP contribution in [0.1, 0.15) is 23.2 Å². The van der Waals surface area contributed by atoms with Crippen LogP contribution in [0.25, 0.3) is 0 Å². The Balaban J connectivity index is 2.09. The van der Waals surface area contributed by atoms with Gasteiger partial charge in [0, 0.05) is 24.3 Å². The Kier molecular flexibility index (Phi) is 3.76.